The quantitative estimate of drug-likeness (QED) is 0.788. The fourth-order valence-electron chi connectivity index (χ4n) is 2.72. The Hall–Kier alpha value is -2.14. The van der Waals surface area contributed by atoms with Crippen LogP contribution in [0.3, 0.4) is 0 Å². The summed E-state index contributed by atoms with van der Waals surface area (Å²) in [6.45, 7) is 3.59. The molecule has 23 heavy (non-hydrogen) atoms. The van der Waals surface area contributed by atoms with Crippen molar-refractivity contribution in [1.29, 1.82) is 0 Å². The highest BCUT2D eigenvalue weighted by Gasteiger charge is 2.25. The number of aryl methyl sites for hydroxylation is 2. The summed E-state index contributed by atoms with van der Waals surface area (Å²) < 4.78 is 1.89. The van der Waals surface area contributed by atoms with E-state index in [0.29, 0.717) is 0 Å². The van der Waals surface area contributed by atoms with E-state index in [4.69, 9.17) is 0 Å². The zero-order chi connectivity index (χ0) is 16.8. The minimum atomic E-state index is -0.246. The van der Waals surface area contributed by atoms with Crippen molar-refractivity contribution >= 4 is 5.91 Å². The molecular weight excluding hydrogens is 288 g/mol. The van der Waals surface area contributed by atoms with E-state index < -0.39 is 0 Å². The van der Waals surface area contributed by atoms with Crippen LogP contribution in [0.15, 0.2) is 42.7 Å². The summed E-state index contributed by atoms with van der Waals surface area (Å²) in [5, 5.41) is 4.18. The average Bonchev–Trinajstić information content (AvgIpc) is 3.00. The molecule has 0 saturated heterocycles. The standard InChI is InChI=1S/C18H26N4O/c1-15-8-5-9-16(14-15)17(20(2)3)18(23)21(4)11-7-13-22-12-6-10-19-22/h5-6,8-10,12,14,17H,7,11,13H2,1-4H3/t17-/m1/s1. The van der Waals surface area contributed by atoms with E-state index in [-0.39, 0.29) is 11.9 Å². The van der Waals surface area contributed by atoms with Gasteiger partial charge in [-0.05, 0) is 39.1 Å². The van der Waals surface area contributed by atoms with E-state index in [9.17, 15) is 4.79 Å². The molecular formula is C18H26N4O. The first-order valence-corrected chi connectivity index (χ1v) is 7.94. The van der Waals surface area contributed by atoms with Gasteiger partial charge in [0.2, 0.25) is 5.91 Å². The summed E-state index contributed by atoms with van der Waals surface area (Å²) in [6.07, 6.45) is 4.60. The van der Waals surface area contributed by atoms with Crippen LogP contribution >= 0.6 is 0 Å². The molecule has 5 heteroatoms. The number of likely N-dealkylation sites (N-methyl/N-ethyl adjacent to an activating group) is 2. The van der Waals surface area contributed by atoms with Gasteiger partial charge in [-0.2, -0.15) is 5.10 Å². The van der Waals surface area contributed by atoms with Crippen LogP contribution < -0.4 is 0 Å². The van der Waals surface area contributed by atoms with Crippen molar-refractivity contribution in [1.82, 2.24) is 19.6 Å². The lowest BCUT2D eigenvalue weighted by atomic mass is 10.0. The molecule has 1 atom stereocenters. The third-order valence-electron chi connectivity index (χ3n) is 3.92. The van der Waals surface area contributed by atoms with Crippen LogP contribution in [0.2, 0.25) is 0 Å². The highest BCUT2D eigenvalue weighted by atomic mass is 16.2. The van der Waals surface area contributed by atoms with Crippen LogP contribution in [0.25, 0.3) is 0 Å². The smallest absolute Gasteiger partial charge is 0.244 e. The molecule has 2 rings (SSSR count). The SMILES string of the molecule is Cc1cccc([C@H](C(=O)N(C)CCCn2cccn2)N(C)C)c1. The minimum absolute atomic E-state index is 0.126. The van der Waals surface area contributed by atoms with Crippen LogP contribution in [0.4, 0.5) is 0 Å². The molecule has 0 aliphatic rings. The van der Waals surface area contributed by atoms with E-state index in [2.05, 4.69) is 24.2 Å². The molecule has 0 radical (unpaired) electrons. The van der Waals surface area contributed by atoms with E-state index in [0.717, 1.165) is 25.1 Å². The number of rotatable bonds is 7. The van der Waals surface area contributed by atoms with E-state index in [1.807, 2.05) is 60.0 Å². The second kappa shape index (κ2) is 7.92. The monoisotopic (exact) mass is 314 g/mol. The lowest BCUT2D eigenvalue weighted by Gasteiger charge is -2.29. The van der Waals surface area contributed by atoms with Gasteiger partial charge in [-0.3, -0.25) is 14.4 Å². The highest BCUT2D eigenvalue weighted by molar-refractivity contribution is 5.83. The fraction of sp³-hybridized carbons (Fsp3) is 0.444. The summed E-state index contributed by atoms with van der Waals surface area (Å²) in [4.78, 5) is 16.6. The van der Waals surface area contributed by atoms with Gasteiger partial charge >= 0.3 is 0 Å². The van der Waals surface area contributed by atoms with Crippen LogP contribution in [-0.2, 0) is 11.3 Å². The predicted octanol–water partition coefficient (Wildman–Crippen LogP) is 2.34. The molecule has 1 amide bonds. The molecule has 0 N–H and O–H groups in total. The number of carbonyl (C=O) groups excluding carboxylic acids is 1. The Morgan fingerprint density at radius 3 is 2.65 bits per heavy atom. The molecule has 0 saturated carbocycles. The predicted molar refractivity (Wildman–Crippen MR) is 92.1 cm³/mol. The normalized spacial score (nSPS) is 12.4. The van der Waals surface area contributed by atoms with Gasteiger partial charge in [-0.1, -0.05) is 29.8 Å². The molecule has 1 aromatic carbocycles. The Bertz CT molecular complexity index is 622. The molecule has 0 bridgehead atoms. The zero-order valence-corrected chi connectivity index (χ0v) is 14.4. The molecule has 1 aromatic heterocycles. The fourth-order valence-corrected chi connectivity index (χ4v) is 2.72. The number of aromatic nitrogens is 2. The maximum Gasteiger partial charge on any atom is 0.244 e. The summed E-state index contributed by atoms with van der Waals surface area (Å²) in [7, 11) is 5.77. The number of amides is 1. The Balaban J connectivity index is 1.99. The van der Waals surface area contributed by atoms with E-state index in [1.54, 1.807) is 6.20 Å². The number of nitrogens with zero attached hydrogens (tertiary/aromatic N) is 4. The summed E-state index contributed by atoms with van der Waals surface area (Å²) in [5.41, 5.74) is 2.21. The minimum Gasteiger partial charge on any atom is -0.344 e. The van der Waals surface area contributed by atoms with Crippen LogP contribution in [0.5, 0.6) is 0 Å². The number of hydrogen-bond donors (Lipinski definition) is 0. The number of benzene rings is 1. The summed E-state index contributed by atoms with van der Waals surface area (Å²) in [6, 6.07) is 9.83. The van der Waals surface area contributed by atoms with Crippen molar-refractivity contribution in [3.63, 3.8) is 0 Å². The van der Waals surface area contributed by atoms with Gasteiger partial charge in [0.25, 0.3) is 0 Å². The Morgan fingerprint density at radius 2 is 2.04 bits per heavy atom. The molecule has 1 heterocycles. The van der Waals surface area contributed by atoms with Gasteiger partial charge in [0.1, 0.15) is 6.04 Å². The lowest BCUT2D eigenvalue weighted by molar-refractivity contribution is -0.135. The van der Waals surface area contributed by atoms with Crippen LogP contribution in [-0.4, -0.2) is 53.2 Å². The van der Waals surface area contributed by atoms with Crippen molar-refractivity contribution in [2.24, 2.45) is 0 Å². The second-order valence-electron chi connectivity index (χ2n) is 6.16. The van der Waals surface area contributed by atoms with E-state index in [1.165, 1.54) is 5.56 Å². The van der Waals surface area contributed by atoms with Crippen molar-refractivity contribution < 1.29 is 4.79 Å². The van der Waals surface area contributed by atoms with Crippen molar-refractivity contribution in [3.8, 4) is 0 Å². The van der Waals surface area contributed by atoms with Gasteiger partial charge in [0.15, 0.2) is 0 Å². The number of carbonyl (C=O) groups is 1. The van der Waals surface area contributed by atoms with Crippen molar-refractivity contribution in [3.05, 3.63) is 53.9 Å². The topological polar surface area (TPSA) is 41.4 Å². The summed E-state index contributed by atoms with van der Waals surface area (Å²) in [5.74, 6) is 0.126. The Labute approximate surface area is 138 Å². The molecule has 0 aliphatic carbocycles. The van der Waals surface area contributed by atoms with E-state index >= 15 is 0 Å². The molecule has 2 aromatic rings. The van der Waals surface area contributed by atoms with Gasteiger partial charge in [0.05, 0.1) is 0 Å². The lowest BCUT2D eigenvalue weighted by Crippen LogP contribution is -2.39. The average molecular weight is 314 g/mol. The molecule has 0 unspecified atom stereocenters. The third kappa shape index (κ3) is 4.66. The van der Waals surface area contributed by atoms with Crippen LogP contribution in [0.1, 0.15) is 23.6 Å². The first kappa shape index (κ1) is 17.2. The molecule has 0 spiro atoms. The zero-order valence-electron chi connectivity index (χ0n) is 14.4. The highest BCUT2D eigenvalue weighted by Crippen LogP contribution is 2.21. The number of hydrogen-bond acceptors (Lipinski definition) is 3. The second-order valence-corrected chi connectivity index (χ2v) is 6.16. The third-order valence-corrected chi connectivity index (χ3v) is 3.92. The summed E-state index contributed by atoms with van der Waals surface area (Å²) >= 11 is 0. The van der Waals surface area contributed by atoms with Gasteiger partial charge in [-0.15, -0.1) is 0 Å². The maximum absolute atomic E-state index is 12.9. The molecule has 124 valence electrons. The Kier molecular flexibility index (Phi) is 5.93. The van der Waals surface area contributed by atoms with Crippen molar-refractivity contribution in [2.75, 3.05) is 27.7 Å². The van der Waals surface area contributed by atoms with Gasteiger partial charge in [-0.25, -0.2) is 0 Å². The first-order valence-electron chi connectivity index (χ1n) is 7.94. The Morgan fingerprint density at radius 1 is 1.26 bits per heavy atom. The van der Waals surface area contributed by atoms with Crippen molar-refractivity contribution in [2.45, 2.75) is 25.9 Å². The van der Waals surface area contributed by atoms with Crippen LogP contribution in [0, 0.1) is 6.92 Å². The maximum atomic E-state index is 12.9. The van der Waals surface area contributed by atoms with Gasteiger partial charge in [0, 0.05) is 32.5 Å². The first-order chi connectivity index (χ1) is 11.0. The van der Waals surface area contributed by atoms with Gasteiger partial charge < -0.3 is 4.90 Å². The largest absolute Gasteiger partial charge is 0.344 e. The molecule has 5 nitrogen and oxygen atoms in total. The molecule has 0 fully saturated rings. The molecule has 0 aliphatic heterocycles.